The zero-order valence-electron chi connectivity index (χ0n) is 17.6. The van der Waals surface area contributed by atoms with Gasteiger partial charge in [-0.15, -0.1) is 0 Å². The van der Waals surface area contributed by atoms with E-state index in [0.29, 0.717) is 12.5 Å². The van der Waals surface area contributed by atoms with Gasteiger partial charge in [0.2, 0.25) is 0 Å². The van der Waals surface area contributed by atoms with Gasteiger partial charge in [0.25, 0.3) is 0 Å². The highest BCUT2D eigenvalue weighted by Crippen LogP contribution is 2.30. The van der Waals surface area contributed by atoms with Crippen molar-refractivity contribution in [3.05, 3.63) is 54.1 Å². The van der Waals surface area contributed by atoms with Crippen LogP contribution in [0, 0.1) is 0 Å². The van der Waals surface area contributed by atoms with Crippen LogP contribution in [-0.4, -0.2) is 52.0 Å². The van der Waals surface area contributed by atoms with E-state index in [9.17, 15) is 13.2 Å². The van der Waals surface area contributed by atoms with Gasteiger partial charge in [0, 0.05) is 32.7 Å². The molecular formula is C22H27F3N4O2. The minimum Gasteiger partial charge on any atom is -0.495 e. The number of alkyl halides is 3. The summed E-state index contributed by atoms with van der Waals surface area (Å²) in [5.74, 6) is 1.71. The number of nitrogens with one attached hydrogen (secondary N) is 2. The van der Waals surface area contributed by atoms with E-state index in [2.05, 4.69) is 26.6 Å². The predicted octanol–water partition coefficient (Wildman–Crippen LogP) is 3.58. The Bertz CT molecular complexity index is 872. The summed E-state index contributed by atoms with van der Waals surface area (Å²) >= 11 is 0. The van der Waals surface area contributed by atoms with E-state index in [4.69, 9.17) is 9.47 Å². The molecule has 1 aliphatic rings. The summed E-state index contributed by atoms with van der Waals surface area (Å²) in [4.78, 5) is 6.55. The number of guanidine groups is 1. The van der Waals surface area contributed by atoms with E-state index < -0.39 is 12.8 Å². The molecule has 1 heterocycles. The van der Waals surface area contributed by atoms with Crippen LogP contribution in [0.3, 0.4) is 0 Å². The molecule has 1 unspecified atom stereocenters. The molecule has 0 spiro atoms. The van der Waals surface area contributed by atoms with Crippen molar-refractivity contribution in [2.45, 2.75) is 25.2 Å². The molecule has 0 aliphatic carbocycles. The lowest BCUT2D eigenvalue weighted by atomic mass is 10.2. The smallest absolute Gasteiger partial charge is 0.422 e. The largest absolute Gasteiger partial charge is 0.495 e. The number of anilines is 1. The first-order valence-electron chi connectivity index (χ1n) is 10.0. The SMILES string of the molecule is CN=C(NCc1ccc(OCC(F)(F)F)cc1)NC1CCN(c2ccccc2OC)C1. The maximum Gasteiger partial charge on any atom is 0.422 e. The van der Waals surface area contributed by atoms with Crippen molar-refractivity contribution < 1.29 is 22.6 Å². The van der Waals surface area contributed by atoms with E-state index in [1.807, 2.05) is 18.2 Å². The maximum atomic E-state index is 12.2. The molecule has 1 atom stereocenters. The summed E-state index contributed by atoms with van der Waals surface area (Å²) in [5, 5.41) is 6.67. The fourth-order valence-corrected chi connectivity index (χ4v) is 3.43. The number of rotatable bonds is 7. The minimum atomic E-state index is -4.35. The molecule has 6 nitrogen and oxygen atoms in total. The Balaban J connectivity index is 1.48. The summed E-state index contributed by atoms with van der Waals surface area (Å²) < 4.78 is 46.9. The molecule has 0 bridgehead atoms. The first kappa shape index (κ1) is 22.6. The monoisotopic (exact) mass is 436 g/mol. The number of hydrogen-bond donors (Lipinski definition) is 2. The summed E-state index contributed by atoms with van der Waals surface area (Å²) in [6.45, 7) is 0.928. The van der Waals surface area contributed by atoms with Gasteiger partial charge in [0.15, 0.2) is 12.6 Å². The van der Waals surface area contributed by atoms with Crippen molar-refractivity contribution in [1.82, 2.24) is 10.6 Å². The molecule has 2 aromatic rings. The molecule has 2 aromatic carbocycles. The average Bonchev–Trinajstić information content (AvgIpc) is 3.23. The molecular weight excluding hydrogens is 409 g/mol. The number of benzene rings is 2. The number of ether oxygens (including phenoxy) is 2. The van der Waals surface area contributed by atoms with Crippen LogP contribution in [0.1, 0.15) is 12.0 Å². The Labute approximate surface area is 180 Å². The van der Waals surface area contributed by atoms with Crippen molar-refractivity contribution in [3.63, 3.8) is 0 Å². The van der Waals surface area contributed by atoms with Crippen LogP contribution in [0.25, 0.3) is 0 Å². The Hall–Kier alpha value is -3.10. The molecule has 0 aromatic heterocycles. The third-order valence-electron chi connectivity index (χ3n) is 4.96. The number of methoxy groups -OCH3 is 1. The summed E-state index contributed by atoms with van der Waals surface area (Å²) in [6, 6.07) is 14.7. The van der Waals surface area contributed by atoms with Crippen LogP contribution >= 0.6 is 0 Å². The van der Waals surface area contributed by atoms with Crippen LogP contribution in [0.2, 0.25) is 0 Å². The quantitative estimate of drug-likeness (QED) is 0.513. The molecule has 31 heavy (non-hydrogen) atoms. The lowest BCUT2D eigenvalue weighted by Crippen LogP contribution is -2.44. The Morgan fingerprint density at radius 2 is 1.90 bits per heavy atom. The van der Waals surface area contributed by atoms with Gasteiger partial charge in [0.1, 0.15) is 11.5 Å². The van der Waals surface area contributed by atoms with E-state index in [1.54, 1.807) is 26.3 Å². The number of hydrogen-bond acceptors (Lipinski definition) is 4. The molecule has 1 fully saturated rings. The summed E-state index contributed by atoms with van der Waals surface area (Å²) in [5.41, 5.74) is 1.98. The van der Waals surface area contributed by atoms with E-state index in [1.165, 1.54) is 12.1 Å². The maximum absolute atomic E-state index is 12.2. The van der Waals surface area contributed by atoms with Gasteiger partial charge in [-0.05, 0) is 36.2 Å². The third-order valence-corrected chi connectivity index (χ3v) is 4.96. The number of nitrogens with zero attached hydrogens (tertiary/aromatic N) is 2. The molecule has 1 saturated heterocycles. The number of para-hydroxylation sites is 2. The lowest BCUT2D eigenvalue weighted by Gasteiger charge is -2.22. The van der Waals surface area contributed by atoms with Crippen LogP contribution < -0.4 is 25.0 Å². The highest BCUT2D eigenvalue weighted by molar-refractivity contribution is 5.80. The van der Waals surface area contributed by atoms with Gasteiger partial charge in [-0.25, -0.2) is 0 Å². The first-order valence-corrected chi connectivity index (χ1v) is 10.0. The van der Waals surface area contributed by atoms with E-state index in [0.717, 1.165) is 36.5 Å². The standard InChI is InChI=1S/C22H27F3N4O2/c1-26-21(27-13-16-7-9-18(10-8-16)31-15-22(23,24)25)28-17-11-12-29(14-17)19-5-3-4-6-20(19)30-2/h3-10,17H,11-15H2,1-2H3,(H2,26,27,28). The van der Waals surface area contributed by atoms with Gasteiger partial charge in [-0.3, -0.25) is 4.99 Å². The van der Waals surface area contributed by atoms with E-state index in [-0.39, 0.29) is 11.8 Å². The van der Waals surface area contributed by atoms with Gasteiger partial charge in [-0.1, -0.05) is 24.3 Å². The van der Waals surface area contributed by atoms with Crippen molar-refractivity contribution in [2.75, 3.05) is 38.8 Å². The molecule has 2 N–H and O–H groups in total. The first-order chi connectivity index (χ1) is 14.9. The lowest BCUT2D eigenvalue weighted by molar-refractivity contribution is -0.153. The minimum absolute atomic E-state index is 0.186. The third kappa shape index (κ3) is 6.70. The highest BCUT2D eigenvalue weighted by Gasteiger charge is 2.28. The molecule has 168 valence electrons. The average molecular weight is 436 g/mol. The number of halogens is 3. The van der Waals surface area contributed by atoms with Gasteiger partial charge in [-0.2, -0.15) is 13.2 Å². The second-order valence-electron chi connectivity index (χ2n) is 7.22. The zero-order valence-corrected chi connectivity index (χ0v) is 17.6. The van der Waals surface area contributed by atoms with Crippen LogP contribution in [0.15, 0.2) is 53.5 Å². The fourth-order valence-electron chi connectivity index (χ4n) is 3.43. The van der Waals surface area contributed by atoms with Gasteiger partial charge < -0.3 is 25.0 Å². The normalized spacial score (nSPS) is 16.9. The second-order valence-corrected chi connectivity index (χ2v) is 7.22. The predicted molar refractivity (Wildman–Crippen MR) is 115 cm³/mol. The zero-order chi connectivity index (χ0) is 22.3. The molecule has 0 amide bonds. The molecule has 3 rings (SSSR count). The Kier molecular flexibility index (Phi) is 7.49. The van der Waals surface area contributed by atoms with Gasteiger partial charge in [0.05, 0.1) is 12.8 Å². The Morgan fingerprint density at radius 1 is 1.16 bits per heavy atom. The molecule has 9 heteroatoms. The Morgan fingerprint density at radius 3 is 2.58 bits per heavy atom. The molecule has 0 radical (unpaired) electrons. The van der Waals surface area contributed by atoms with Crippen molar-refractivity contribution in [2.24, 2.45) is 4.99 Å². The van der Waals surface area contributed by atoms with E-state index >= 15 is 0 Å². The molecule has 0 saturated carbocycles. The summed E-state index contributed by atoms with van der Waals surface area (Å²) in [7, 11) is 3.38. The van der Waals surface area contributed by atoms with Crippen LogP contribution in [0.5, 0.6) is 11.5 Å². The molecule has 1 aliphatic heterocycles. The summed E-state index contributed by atoms with van der Waals surface area (Å²) in [6.07, 6.45) is -3.39. The highest BCUT2D eigenvalue weighted by atomic mass is 19.4. The van der Waals surface area contributed by atoms with Crippen molar-refractivity contribution in [3.8, 4) is 11.5 Å². The second kappa shape index (κ2) is 10.3. The topological polar surface area (TPSA) is 58.1 Å². The number of aliphatic imine (C=N–C) groups is 1. The van der Waals surface area contributed by atoms with Crippen LogP contribution in [-0.2, 0) is 6.54 Å². The fraction of sp³-hybridized carbons (Fsp3) is 0.409. The van der Waals surface area contributed by atoms with Crippen molar-refractivity contribution >= 4 is 11.6 Å². The van der Waals surface area contributed by atoms with Crippen LogP contribution in [0.4, 0.5) is 18.9 Å². The van der Waals surface area contributed by atoms with Crippen molar-refractivity contribution in [1.29, 1.82) is 0 Å². The van der Waals surface area contributed by atoms with Gasteiger partial charge >= 0.3 is 6.18 Å².